The third-order valence-electron chi connectivity index (χ3n) is 6.66. The van der Waals surface area contributed by atoms with Gasteiger partial charge in [0.2, 0.25) is 5.91 Å². The Morgan fingerprint density at radius 2 is 2.12 bits per heavy atom. The molecule has 0 N–H and O–H groups in total. The second kappa shape index (κ2) is 5.57. The SMILES string of the molecule is Cc1c(CN2CC[C@@]34OC[C@@H](C(C)C)N3C(=O)C[C@@H]24)oc2ccccc12. The molecule has 3 saturated heterocycles. The lowest BCUT2D eigenvalue weighted by atomic mass is 10.0. The summed E-state index contributed by atoms with van der Waals surface area (Å²) in [5.41, 5.74) is 1.73. The van der Waals surface area contributed by atoms with E-state index in [2.05, 4.69) is 36.6 Å². The van der Waals surface area contributed by atoms with Crippen LogP contribution in [0.4, 0.5) is 0 Å². The topological polar surface area (TPSA) is 45.9 Å². The van der Waals surface area contributed by atoms with Crippen LogP contribution < -0.4 is 0 Å². The largest absolute Gasteiger partial charge is 0.459 e. The predicted molar refractivity (Wildman–Crippen MR) is 98.5 cm³/mol. The average molecular weight is 354 g/mol. The summed E-state index contributed by atoms with van der Waals surface area (Å²) in [5, 5.41) is 1.18. The molecular formula is C21H26N2O3. The summed E-state index contributed by atoms with van der Waals surface area (Å²) in [6.07, 6.45) is 1.45. The Kier molecular flexibility index (Phi) is 3.50. The molecule has 0 radical (unpaired) electrons. The Balaban J connectivity index is 1.44. The van der Waals surface area contributed by atoms with Crippen LogP contribution in [-0.2, 0) is 16.1 Å². The number of ether oxygens (including phenoxy) is 1. The maximum Gasteiger partial charge on any atom is 0.226 e. The molecule has 138 valence electrons. The van der Waals surface area contributed by atoms with E-state index in [0.717, 1.165) is 30.9 Å². The van der Waals surface area contributed by atoms with E-state index >= 15 is 0 Å². The van der Waals surface area contributed by atoms with Gasteiger partial charge < -0.3 is 14.1 Å². The minimum atomic E-state index is -0.411. The minimum Gasteiger partial charge on any atom is -0.459 e. The molecule has 5 heteroatoms. The molecule has 1 amide bonds. The fraction of sp³-hybridized carbons (Fsp3) is 0.571. The molecule has 5 rings (SSSR count). The van der Waals surface area contributed by atoms with Crippen molar-refractivity contribution in [1.29, 1.82) is 0 Å². The zero-order chi connectivity index (χ0) is 18.1. The van der Waals surface area contributed by atoms with E-state index in [1.54, 1.807) is 0 Å². The summed E-state index contributed by atoms with van der Waals surface area (Å²) in [7, 11) is 0. The summed E-state index contributed by atoms with van der Waals surface area (Å²) in [4.78, 5) is 17.3. The van der Waals surface area contributed by atoms with Crippen LogP contribution in [-0.4, -0.2) is 46.7 Å². The Morgan fingerprint density at radius 3 is 2.88 bits per heavy atom. The molecule has 1 spiro atoms. The number of aryl methyl sites for hydroxylation is 1. The predicted octanol–water partition coefficient (Wildman–Crippen LogP) is 3.30. The number of rotatable bonds is 3. The molecule has 1 aromatic heterocycles. The van der Waals surface area contributed by atoms with E-state index in [4.69, 9.17) is 9.15 Å². The van der Waals surface area contributed by atoms with Crippen molar-refractivity contribution < 1.29 is 13.9 Å². The Hall–Kier alpha value is -1.85. The first-order valence-corrected chi connectivity index (χ1v) is 9.68. The first-order valence-electron chi connectivity index (χ1n) is 9.68. The van der Waals surface area contributed by atoms with E-state index in [1.165, 1.54) is 10.9 Å². The van der Waals surface area contributed by atoms with Gasteiger partial charge >= 0.3 is 0 Å². The molecule has 1 aromatic carbocycles. The maximum atomic E-state index is 12.8. The zero-order valence-corrected chi connectivity index (χ0v) is 15.7. The highest BCUT2D eigenvalue weighted by atomic mass is 16.5. The van der Waals surface area contributed by atoms with Crippen LogP contribution in [0.3, 0.4) is 0 Å². The Labute approximate surface area is 153 Å². The van der Waals surface area contributed by atoms with E-state index in [1.807, 2.05) is 18.2 Å². The van der Waals surface area contributed by atoms with Crippen molar-refractivity contribution in [2.75, 3.05) is 13.2 Å². The van der Waals surface area contributed by atoms with Gasteiger partial charge in [-0.1, -0.05) is 32.0 Å². The molecule has 3 aliphatic heterocycles. The van der Waals surface area contributed by atoms with Crippen molar-refractivity contribution in [2.24, 2.45) is 5.92 Å². The summed E-state index contributed by atoms with van der Waals surface area (Å²) < 4.78 is 12.4. The number of hydrogen-bond donors (Lipinski definition) is 0. The van der Waals surface area contributed by atoms with E-state index < -0.39 is 5.72 Å². The lowest BCUT2D eigenvalue weighted by Crippen LogP contribution is -2.50. The van der Waals surface area contributed by atoms with Crippen molar-refractivity contribution in [3.05, 3.63) is 35.6 Å². The highest BCUT2D eigenvalue weighted by Crippen LogP contribution is 2.49. The van der Waals surface area contributed by atoms with Gasteiger partial charge in [0, 0.05) is 24.8 Å². The van der Waals surface area contributed by atoms with Crippen LogP contribution in [0.25, 0.3) is 11.0 Å². The van der Waals surface area contributed by atoms with Crippen LogP contribution >= 0.6 is 0 Å². The molecule has 3 atom stereocenters. The van der Waals surface area contributed by atoms with Gasteiger partial charge in [0.1, 0.15) is 11.3 Å². The third-order valence-corrected chi connectivity index (χ3v) is 6.66. The first kappa shape index (κ1) is 16.3. The fourth-order valence-corrected chi connectivity index (χ4v) is 5.20. The number of fused-ring (bicyclic) bond motifs is 1. The summed E-state index contributed by atoms with van der Waals surface area (Å²) in [6.45, 7) is 8.83. The van der Waals surface area contributed by atoms with Crippen LogP contribution in [0.5, 0.6) is 0 Å². The quantitative estimate of drug-likeness (QED) is 0.848. The van der Waals surface area contributed by atoms with Crippen LogP contribution in [0, 0.1) is 12.8 Å². The van der Waals surface area contributed by atoms with Gasteiger partial charge in [-0.15, -0.1) is 0 Å². The van der Waals surface area contributed by atoms with Gasteiger partial charge in [0.25, 0.3) is 0 Å². The van der Waals surface area contributed by atoms with E-state index in [0.29, 0.717) is 18.9 Å². The molecule has 3 aliphatic rings. The molecule has 0 aliphatic carbocycles. The number of amides is 1. The molecule has 0 bridgehead atoms. The highest BCUT2D eigenvalue weighted by molar-refractivity contribution is 5.82. The van der Waals surface area contributed by atoms with Crippen molar-refractivity contribution in [3.63, 3.8) is 0 Å². The summed E-state index contributed by atoms with van der Waals surface area (Å²) in [5.74, 6) is 1.67. The molecule has 26 heavy (non-hydrogen) atoms. The Morgan fingerprint density at radius 1 is 1.31 bits per heavy atom. The second-order valence-electron chi connectivity index (χ2n) is 8.32. The Bertz CT molecular complexity index is 873. The lowest BCUT2D eigenvalue weighted by molar-refractivity contribution is -0.139. The number of likely N-dealkylation sites (tertiary alicyclic amines) is 1. The first-order chi connectivity index (χ1) is 12.5. The lowest BCUT2D eigenvalue weighted by Gasteiger charge is -2.34. The molecule has 5 nitrogen and oxygen atoms in total. The zero-order valence-electron chi connectivity index (χ0n) is 15.7. The number of hydrogen-bond acceptors (Lipinski definition) is 4. The van der Waals surface area contributed by atoms with Gasteiger partial charge in [0.05, 0.1) is 25.2 Å². The highest BCUT2D eigenvalue weighted by Gasteiger charge is 2.64. The number of carbonyl (C=O) groups excluding carboxylic acids is 1. The monoisotopic (exact) mass is 354 g/mol. The fourth-order valence-electron chi connectivity index (χ4n) is 5.20. The maximum absolute atomic E-state index is 12.8. The second-order valence-corrected chi connectivity index (χ2v) is 8.32. The van der Waals surface area contributed by atoms with Gasteiger partial charge in [-0.3, -0.25) is 9.69 Å². The number of para-hydroxylation sites is 1. The molecule has 0 unspecified atom stereocenters. The third kappa shape index (κ3) is 2.07. The van der Waals surface area contributed by atoms with E-state index in [-0.39, 0.29) is 18.0 Å². The normalized spacial score (nSPS) is 31.4. The minimum absolute atomic E-state index is 0.131. The smallest absolute Gasteiger partial charge is 0.226 e. The number of nitrogens with zero attached hydrogens (tertiary/aromatic N) is 2. The number of carbonyl (C=O) groups is 1. The molecule has 0 saturated carbocycles. The summed E-state index contributed by atoms with van der Waals surface area (Å²) >= 11 is 0. The van der Waals surface area contributed by atoms with Gasteiger partial charge in [-0.25, -0.2) is 0 Å². The van der Waals surface area contributed by atoms with Crippen LogP contribution in [0.2, 0.25) is 0 Å². The van der Waals surface area contributed by atoms with Crippen LogP contribution in [0.1, 0.15) is 38.0 Å². The van der Waals surface area contributed by atoms with Crippen molar-refractivity contribution >= 4 is 16.9 Å². The van der Waals surface area contributed by atoms with Gasteiger partial charge in [-0.2, -0.15) is 0 Å². The molecule has 3 fully saturated rings. The molecule has 2 aromatic rings. The molecular weight excluding hydrogens is 328 g/mol. The number of benzene rings is 1. The average Bonchev–Trinajstić information content (AvgIpc) is 3.31. The van der Waals surface area contributed by atoms with Crippen molar-refractivity contribution in [2.45, 2.75) is 58.0 Å². The van der Waals surface area contributed by atoms with Gasteiger partial charge in [0.15, 0.2) is 5.72 Å². The van der Waals surface area contributed by atoms with Crippen molar-refractivity contribution in [3.8, 4) is 0 Å². The van der Waals surface area contributed by atoms with E-state index in [9.17, 15) is 4.79 Å². The molecule has 4 heterocycles. The summed E-state index contributed by atoms with van der Waals surface area (Å²) in [6, 6.07) is 8.52. The van der Waals surface area contributed by atoms with Crippen LogP contribution in [0.15, 0.2) is 28.7 Å². The van der Waals surface area contributed by atoms with Gasteiger partial charge in [-0.05, 0) is 24.5 Å². The number of furan rings is 1. The van der Waals surface area contributed by atoms with Crippen molar-refractivity contribution in [1.82, 2.24) is 9.80 Å². The standard InChI is InChI=1S/C21H26N2O3/c1-13(2)16-12-25-21-8-9-22(19(21)10-20(24)23(16)21)11-18-14(3)15-6-4-5-7-17(15)26-18/h4-7,13,16,19H,8-12H2,1-3H3/t16-,19+,21-/m0/s1.